The lowest BCUT2D eigenvalue weighted by Gasteiger charge is -2.13. The molecule has 0 saturated heterocycles. The summed E-state index contributed by atoms with van der Waals surface area (Å²) in [5.41, 5.74) is 0.355. The Bertz CT molecular complexity index is 899. The van der Waals surface area contributed by atoms with Crippen LogP contribution in [0.2, 0.25) is 15.1 Å². The molecule has 0 aliphatic heterocycles. The highest BCUT2D eigenvalue weighted by Crippen LogP contribution is 2.27. The van der Waals surface area contributed by atoms with E-state index in [1.165, 1.54) is 44.4 Å². The summed E-state index contributed by atoms with van der Waals surface area (Å²) in [6.45, 7) is 0. The summed E-state index contributed by atoms with van der Waals surface area (Å²) < 4.78 is 25.4. The van der Waals surface area contributed by atoms with E-state index < -0.39 is 15.9 Å². The molecule has 0 atom stereocenters. The fraction of sp³-hybridized carbons (Fsp3) is 0.133. The summed E-state index contributed by atoms with van der Waals surface area (Å²) in [7, 11) is -0.885. The second-order valence-corrected chi connectivity index (χ2v) is 8.41. The van der Waals surface area contributed by atoms with Crippen molar-refractivity contribution < 1.29 is 13.2 Å². The molecule has 0 aliphatic carbocycles. The molecule has 2 aromatic rings. The lowest BCUT2D eigenvalue weighted by molar-refractivity contribution is 0.102. The van der Waals surface area contributed by atoms with Gasteiger partial charge in [-0.3, -0.25) is 4.79 Å². The van der Waals surface area contributed by atoms with Gasteiger partial charge in [-0.05, 0) is 36.4 Å². The minimum atomic E-state index is -3.69. The van der Waals surface area contributed by atoms with Crippen LogP contribution in [0.25, 0.3) is 0 Å². The molecule has 9 heteroatoms. The van der Waals surface area contributed by atoms with Gasteiger partial charge in [0, 0.05) is 19.1 Å². The second kappa shape index (κ2) is 7.29. The first-order chi connectivity index (χ1) is 11.1. The number of anilines is 1. The summed E-state index contributed by atoms with van der Waals surface area (Å²) in [5.74, 6) is -0.583. The number of rotatable bonds is 4. The Kier molecular flexibility index (Phi) is 5.78. The molecule has 0 heterocycles. The average Bonchev–Trinajstić information content (AvgIpc) is 2.50. The van der Waals surface area contributed by atoms with Crippen molar-refractivity contribution >= 4 is 56.4 Å². The van der Waals surface area contributed by atoms with Crippen LogP contribution < -0.4 is 5.32 Å². The van der Waals surface area contributed by atoms with Crippen LogP contribution in [-0.2, 0) is 10.0 Å². The fourth-order valence-corrected chi connectivity index (χ4v) is 3.42. The summed E-state index contributed by atoms with van der Waals surface area (Å²) >= 11 is 17.8. The van der Waals surface area contributed by atoms with E-state index in [2.05, 4.69) is 5.32 Å². The Morgan fingerprint density at radius 1 is 1.00 bits per heavy atom. The number of sulfonamides is 1. The first-order valence-corrected chi connectivity index (χ1v) is 9.19. The number of halogens is 3. The molecule has 0 aromatic heterocycles. The zero-order chi connectivity index (χ0) is 18.1. The van der Waals surface area contributed by atoms with Crippen molar-refractivity contribution in [1.82, 2.24) is 4.31 Å². The minimum absolute atomic E-state index is 0.0191. The Labute approximate surface area is 155 Å². The van der Waals surface area contributed by atoms with Gasteiger partial charge in [-0.25, -0.2) is 12.7 Å². The van der Waals surface area contributed by atoms with E-state index in [1.54, 1.807) is 6.07 Å². The normalized spacial score (nSPS) is 11.6. The van der Waals surface area contributed by atoms with Gasteiger partial charge in [-0.2, -0.15) is 0 Å². The Balaban J connectivity index is 2.39. The molecular formula is C15H13Cl3N2O3S. The molecule has 0 saturated carbocycles. The number of hydrogen-bond donors (Lipinski definition) is 1. The number of amides is 1. The van der Waals surface area contributed by atoms with Gasteiger partial charge in [0.25, 0.3) is 5.91 Å². The van der Waals surface area contributed by atoms with E-state index >= 15 is 0 Å². The van der Waals surface area contributed by atoms with E-state index in [9.17, 15) is 13.2 Å². The maximum absolute atomic E-state index is 12.4. The molecule has 1 amide bonds. The van der Waals surface area contributed by atoms with Crippen LogP contribution in [0, 0.1) is 0 Å². The molecule has 5 nitrogen and oxygen atoms in total. The summed E-state index contributed by atoms with van der Waals surface area (Å²) in [5, 5.41) is 3.38. The molecule has 0 spiro atoms. The first-order valence-electron chi connectivity index (χ1n) is 6.61. The van der Waals surface area contributed by atoms with Gasteiger partial charge in [-0.15, -0.1) is 0 Å². The number of nitrogens with zero attached hydrogens (tertiary/aromatic N) is 1. The van der Waals surface area contributed by atoms with Crippen molar-refractivity contribution in [1.29, 1.82) is 0 Å². The molecule has 2 rings (SSSR count). The Morgan fingerprint density at radius 3 is 2.25 bits per heavy atom. The van der Waals surface area contributed by atoms with E-state index in [0.29, 0.717) is 10.7 Å². The SMILES string of the molecule is CN(C)S(=O)(=O)c1ccc(Cl)c(C(=O)Nc2ccc(Cl)cc2Cl)c1. The Hall–Kier alpha value is -1.31. The van der Waals surface area contributed by atoms with E-state index in [4.69, 9.17) is 34.8 Å². The molecule has 0 fully saturated rings. The molecule has 128 valence electrons. The van der Waals surface area contributed by atoms with Crippen molar-refractivity contribution in [3.8, 4) is 0 Å². The van der Waals surface area contributed by atoms with Gasteiger partial charge in [0.15, 0.2) is 0 Å². The van der Waals surface area contributed by atoms with Crippen LogP contribution in [0.5, 0.6) is 0 Å². The number of hydrogen-bond acceptors (Lipinski definition) is 3. The molecule has 1 N–H and O–H groups in total. The van der Waals surface area contributed by atoms with E-state index in [-0.39, 0.29) is 20.5 Å². The van der Waals surface area contributed by atoms with Gasteiger partial charge < -0.3 is 5.32 Å². The van der Waals surface area contributed by atoms with Crippen LogP contribution >= 0.6 is 34.8 Å². The molecule has 24 heavy (non-hydrogen) atoms. The predicted molar refractivity (Wildman–Crippen MR) is 96.7 cm³/mol. The van der Waals surface area contributed by atoms with Gasteiger partial charge in [0.05, 0.1) is 26.2 Å². The topological polar surface area (TPSA) is 66.5 Å². The standard InChI is InChI=1S/C15H13Cl3N2O3S/c1-20(2)24(22,23)10-4-5-12(17)11(8-10)15(21)19-14-6-3-9(16)7-13(14)18/h3-8H,1-2H3,(H,19,21). The molecule has 2 aromatic carbocycles. The first kappa shape index (κ1) is 19.0. The van der Waals surface area contributed by atoms with Crippen molar-refractivity contribution in [2.24, 2.45) is 0 Å². The third-order valence-electron chi connectivity index (χ3n) is 3.14. The average molecular weight is 408 g/mol. The third-order valence-corrected chi connectivity index (χ3v) is 5.83. The van der Waals surface area contributed by atoms with Crippen molar-refractivity contribution in [3.05, 3.63) is 57.0 Å². The molecule has 0 bridgehead atoms. The smallest absolute Gasteiger partial charge is 0.257 e. The van der Waals surface area contributed by atoms with Crippen LogP contribution in [0.4, 0.5) is 5.69 Å². The quantitative estimate of drug-likeness (QED) is 0.828. The highest BCUT2D eigenvalue weighted by molar-refractivity contribution is 7.89. The molecular weight excluding hydrogens is 395 g/mol. The summed E-state index contributed by atoms with van der Waals surface area (Å²) in [6.07, 6.45) is 0. The zero-order valence-corrected chi connectivity index (χ0v) is 15.8. The van der Waals surface area contributed by atoms with Gasteiger partial charge in [0.2, 0.25) is 10.0 Å². The van der Waals surface area contributed by atoms with E-state index in [0.717, 1.165) is 4.31 Å². The molecule has 0 aliphatic rings. The summed E-state index contributed by atoms with van der Waals surface area (Å²) in [4.78, 5) is 12.4. The maximum atomic E-state index is 12.4. The maximum Gasteiger partial charge on any atom is 0.257 e. The number of carbonyl (C=O) groups is 1. The van der Waals surface area contributed by atoms with Gasteiger partial charge in [0.1, 0.15) is 0 Å². The monoisotopic (exact) mass is 406 g/mol. The van der Waals surface area contributed by atoms with Gasteiger partial charge >= 0.3 is 0 Å². The number of carbonyl (C=O) groups excluding carboxylic acids is 1. The number of nitrogens with one attached hydrogen (secondary N) is 1. The van der Waals surface area contributed by atoms with Crippen LogP contribution in [0.1, 0.15) is 10.4 Å². The largest absolute Gasteiger partial charge is 0.321 e. The lowest BCUT2D eigenvalue weighted by atomic mass is 10.2. The molecule has 0 radical (unpaired) electrons. The van der Waals surface area contributed by atoms with Crippen LogP contribution in [0.3, 0.4) is 0 Å². The highest BCUT2D eigenvalue weighted by Gasteiger charge is 2.21. The van der Waals surface area contributed by atoms with Crippen molar-refractivity contribution in [3.63, 3.8) is 0 Å². The fourth-order valence-electron chi connectivity index (χ4n) is 1.83. The van der Waals surface area contributed by atoms with Gasteiger partial charge in [-0.1, -0.05) is 34.8 Å². The van der Waals surface area contributed by atoms with Crippen molar-refractivity contribution in [2.75, 3.05) is 19.4 Å². The Morgan fingerprint density at radius 2 is 1.67 bits per heavy atom. The summed E-state index contributed by atoms with van der Waals surface area (Å²) in [6, 6.07) is 8.50. The second-order valence-electron chi connectivity index (χ2n) is 5.01. The third kappa shape index (κ3) is 4.02. The number of benzene rings is 2. The lowest BCUT2D eigenvalue weighted by Crippen LogP contribution is -2.23. The van der Waals surface area contributed by atoms with Crippen LogP contribution in [-0.4, -0.2) is 32.7 Å². The predicted octanol–water partition coefficient (Wildman–Crippen LogP) is 4.15. The van der Waals surface area contributed by atoms with Crippen LogP contribution in [0.15, 0.2) is 41.3 Å². The highest BCUT2D eigenvalue weighted by atomic mass is 35.5. The van der Waals surface area contributed by atoms with Crippen molar-refractivity contribution in [2.45, 2.75) is 4.90 Å². The molecule has 0 unspecified atom stereocenters. The van der Waals surface area contributed by atoms with E-state index in [1.807, 2.05) is 0 Å². The zero-order valence-electron chi connectivity index (χ0n) is 12.7. The minimum Gasteiger partial charge on any atom is -0.321 e.